The molecule has 0 aliphatic heterocycles. The Morgan fingerprint density at radius 2 is 2.00 bits per heavy atom. The van der Waals surface area contributed by atoms with Crippen molar-refractivity contribution >= 4 is 29.6 Å². The molecule has 5 nitrogen and oxygen atoms in total. The molecular formula is C3H8N2NaO3. The van der Waals surface area contributed by atoms with Crippen molar-refractivity contribution in [2.75, 3.05) is 13.6 Å². The molecule has 0 aromatic rings. The molecule has 1 radical (unpaired) electrons. The average molecular weight is 143 g/mol. The van der Waals surface area contributed by atoms with E-state index in [-0.39, 0.29) is 36.1 Å². The van der Waals surface area contributed by atoms with Gasteiger partial charge in [-0.1, -0.05) is 4.76 Å². The molecule has 0 spiro atoms. The maximum Gasteiger partial charge on any atom is 0.237 e. The van der Waals surface area contributed by atoms with Crippen LogP contribution in [0.15, 0.2) is 0 Å². The molecule has 0 aromatic heterocycles. The first kappa shape index (κ1) is 12.0. The van der Waals surface area contributed by atoms with Crippen molar-refractivity contribution in [3.63, 3.8) is 0 Å². The Morgan fingerprint density at radius 1 is 1.67 bits per heavy atom. The molecule has 0 saturated carbocycles. The number of rotatable bonds is 2. The summed E-state index contributed by atoms with van der Waals surface area (Å²) in [5.41, 5.74) is 0. The molecule has 0 aliphatic carbocycles. The summed E-state index contributed by atoms with van der Waals surface area (Å²) in [6.07, 6.45) is 0. The standard InChI is InChI=1S/C3H8N2O3.Na/c1-3-5(2,8)4(6)7;/h3H2,1-2H3;. The van der Waals surface area contributed by atoms with Gasteiger partial charge < -0.3 is 5.21 Å². The van der Waals surface area contributed by atoms with Gasteiger partial charge in [0, 0.05) is 29.6 Å². The van der Waals surface area contributed by atoms with Gasteiger partial charge in [-0.2, -0.15) is 0 Å². The van der Waals surface area contributed by atoms with E-state index in [4.69, 9.17) is 0 Å². The minimum Gasteiger partial charge on any atom is -0.570 e. The summed E-state index contributed by atoms with van der Waals surface area (Å²) >= 11 is 0. The smallest absolute Gasteiger partial charge is 0.237 e. The predicted octanol–water partition coefficient (Wildman–Crippen LogP) is -0.238. The van der Waals surface area contributed by atoms with Gasteiger partial charge >= 0.3 is 0 Å². The van der Waals surface area contributed by atoms with E-state index in [2.05, 4.69) is 0 Å². The van der Waals surface area contributed by atoms with E-state index in [1.807, 2.05) is 0 Å². The molecular weight excluding hydrogens is 135 g/mol. The van der Waals surface area contributed by atoms with Crippen LogP contribution in [-0.2, 0) is 0 Å². The molecule has 0 rings (SSSR count). The maximum atomic E-state index is 10.4. The van der Waals surface area contributed by atoms with Crippen molar-refractivity contribution in [3.05, 3.63) is 15.3 Å². The molecule has 0 aromatic carbocycles. The van der Waals surface area contributed by atoms with Crippen LogP contribution in [0.5, 0.6) is 0 Å². The summed E-state index contributed by atoms with van der Waals surface area (Å²) < 4.78 is -1.40. The summed E-state index contributed by atoms with van der Waals surface area (Å²) in [4.78, 5) is 9.72. The first-order chi connectivity index (χ1) is 3.50. The molecule has 9 heavy (non-hydrogen) atoms. The van der Waals surface area contributed by atoms with Crippen molar-refractivity contribution in [1.82, 2.24) is 0 Å². The van der Waals surface area contributed by atoms with E-state index in [1.165, 1.54) is 6.92 Å². The Morgan fingerprint density at radius 3 is 2.00 bits per heavy atom. The van der Waals surface area contributed by atoms with Crippen LogP contribution in [0.25, 0.3) is 0 Å². The fraction of sp³-hybridized carbons (Fsp3) is 1.00. The Kier molecular flexibility index (Phi) is 5.60. The molecule has 0 heterocycles. The SMILES string of the molecule is CC[N+](C)([O-])[N+](=O)[O-].[Na]. The number of hydrogen-bond donors (Lipinski definition) is 0. The molecule has 0 fully saturated rings. The monoisotopic (exact) mass is 143 g/mol. The Bertz CT molecular complexity index is 105. The molecule has 1 atom stereocenters. The minimum absolute atomic E-state index is 0. The van der Waals surface area contributed by atoms with E-state index >= 15 is 0 Å². The van der Waals surface area contributed by atoms with Gasteiger partial charge in [0.15, 0.2) is 0 Å². The van der Waals surface area contributed by atoms with Crippen molar-refractivity contribution < 1.29 is 9.79 Å². The Hall–Kier alpha value is 0.320. The van der Waals surface area contributed by atoms with E-state index < -0.39 is 9.79 Å². The largest absolute Gasteiger partial charge is 0.570 e. The van der Waals surface area contributed by atoms with E-state index in [1.54, 1.807) is 0 Å². The van der Waals surface area contributed by atoms with Crippen molar-refractivity contribution in [2.45, 2.75) is 6.92 Å². The van der Waals surface area contributed by atoms with Crippen LogP contribution in [-0.4, -0.2) is 52.9 Å². The Balaban J connectivity index is 0. The van der Waals surface area contributed by atoms with Gasteiger partial charge in [0.05, 0.1) is 0 Å². The minimum atomic E-state index is -1.40. The van der Waals surface area contributed by atoms with Crippen LogP contribution in [0.1, 0.15) is 6.92 Å². The van der Waals surface area contributed by atoms with Gasteiger partial charge in [-0.15, -0.1) is 0 Å². The third-order valence-electron chi connectivity index (χ3n) is 0.932. The number of quaternary nitrogens is 1. The second kappa shape index (κ2) is 4.19. The summed E-state index contributed by atoms with van der Waals surface area (Å²) in [5, 5.41) is 19.3. The molecule has 0 amide bonds. The van der Waals surface area contributed by atoms with Gasteiger partial charge in [0.2, 0.25) is 5.03 Å². The number of nitrogens with zero attached hydrogens (tertiary/aromatic N) is 2. The average Bonchev–Trinajstić information content (AvgIpc) is 1.67. The second-order valence-electron chi connectivity index (χ2n) is 1.61. The van der Waals surface area contributed by atoms with E-state index in [0.717, 1.165) is 7.05 Å². The first-order valence-electron chi connectivity index (χ1n) is 2.22. The summed E-state index contributed by atoms with van der Waals surface area (Å²) in [6.45, 7) is 1.43. The van der Waals surface area contributed by atoms with Crippen LogP contribution in [0, 0.1) is 15.3 Å². The Labute approximate surface area is 75.2 Å². The molecule has 0 N–H and O–H groups in total. The zero-order valence-corrected chi connectivity index (χ0v) is 7.83. The summed E-state index contributed by atoms with van der Waals surface area (Å²) in [6, 6.07) is 0. The summed E-state index contributed by atoms with van der Waals surface area (Å²) in [7, 11) is 1.00. The fourth-order valence-electron chi connectivity index (χ4n) is 0.115. The molecule has 49 valence electrons. The van der Waals surface area contributed by atoms with Crippen molar-refractivity contribution in [1.29, 1.82) is 0 Å². The zero-order valence-electron chi connectivity index (χ0n) is 5.83. The van der Waals surface area contributed by atoms with Crippen molar-refractivity contribution in [3.8, 4) is 0 Å². The molecule has 1 unspecified atom stereocenters. The van der Waals surface area contributed by atoms with E-state index in [9.17, 15) is 15.3 Å². The van der Waals surface area contributed by atoms with Crippen LogP contribution < -0.4 is 0 Å². The molecule has 6 heteroatoms. The first-order valence-corrected chi connectivity index (χ1v) is 2.22. The van der Waals surface area contributed by atoms with Gasteiger partial charge in [0.25, 0.3) is 0 Å². The van der Waals surface area contributed by atoms with Gasteiger partial charge in [-0.25, -0.2) is 10.1 Å². The molecule has 0 saturated heterocycles. The topological polar surface area (TPSA) is 66.2 Å². The zero-order chi connectivity index (χ0) is 6.78. The van der Waals surface area contributed by atoms with Gasteiger partial charge in [-0.3, -0.25) is 0 Å². The van der Waals surface area contributed by atoms with Crippen LogP contribution >= 0.6 is 0 Å². The van der Waals surface area contributed by atoms with Crippen LogP contribution in [0.4, 0.5) is 0 Å². The predicted molar refractivity (Wildman–Crippen MR) is 32.8 cm³/mol. The number of nitro groups is 1. The van der Waals surface area contributed by atoms with E-state index in [0.29, 0.717) is 0 Å². The maximum absolute atomic E-state index is 10.4. The quantitative estimate of drug-likeness (QED) is 0.232. The third-order valence-corrected chi connectivity index (χ3v) is 0.932. The third kappa shape index (κ3) is 3.83. The summed E-state index contributed by atoms with van der Waals surface area (Å²) in [5.74, 6) is 0. The normalized spacial score (nSPS) is 15.4. The molecule has 0 aliphatic rings. The van der Waals surface area contributed by atoms with Crippen LogP contribution in [0.3, 0.4) is 0 Å². The fourth-order valence-corrected chi connectivity index (χ4v) is 0.115. The second-order valence-corrected chi connectivity index (χ2v) is 1.61. The van der Waals surface area contributed by atoms with Gasteiger partial charge in [-0.05, 0) is 6.92 Å². The molecule has 0 bridgehead atoms. The van der Waals surface area contributed by atoms with Crippen molar-refractivity contribution in [2.24, 2.45) is 0 Å². The number of hydrogen-bond acceptors (Lipinski definition) is 3. The number of hydroxylamine groups is 2. The van der Waals surface area contributed by atoms with Crippen LogP contribution in [0.2, 0.25) is 0 Å². The van der Waals surface area contributed by atoms with Gasteiger partial charge in [0.1, 0.15) is 13.6 Å².